The molecule has 0 fully saturated rings. The van der Waals surface area contributed by atoms with E-state index in [1.54, 1.807) is 36.2 Å². The summed E-state index contributed by atoms with van der Waals surface area (Å²) >= 11 is 12.1. The van der Waals surface area contributed by atoms with Crippen LogP contribution in [0.2, 0.25) is 10.0 Å². The van der Waals surface area contributed by atoms with Gasteiger partial charge in [0.05, 0.1) is 26.3 Å². The van der Waals surface area contributed by atoms with Crippen LogP contribution in [0.15, 0.2) is 54.7 Å². The molecule has 0 aliphatic heterocycles. The van der Waals surface area contributed by atoms with Crippen molar-refractivity contribution >= 4 is 34.9 Å². The molecule has 3 aromatic rings. The predicted octanol–water partition coefficient (Wildman–Crippen LogP) is 4.43. The zero-order valence-corrected chi connectivity index (χ0v) is 15.6. The molecule has 26 heavy (non-hydrogen) atoms. The largest absolute Gasteiger partial charge is 0.496 e. The highest BCUT2D eigenvalue weighted by Gasteiger charge is 2.12. The minimum Gasteiger partial charge on any atom is -0.496 e. The van der Waals surface area contributed by atoms with Crippen molar-refractivity contribution in [2.45, 2.75) is 13.0 Å². The number of methoxy groups -OCH3 is 1. The molecule has 0 atom stereocenters. The van der Waals surface area contributed by atoms with Crippen molar-refractivity contribution in [2.24, 2.45) is 0 Å². The van der Waals surface area contributed by atoms with Crippen molar-refractivity contribution in [2.75, 3.05) is 12.4 Å². The molecule has 0 aliphatic rings. The highest BCUT2D eigenvalue weighted by Crippen LogP contribution is 2.23. The Morgan fingerprint density at radius 2 is 1.96 bits per heavy atom. The minimum atomic E-state index is -0.154. The van der Waals surface area contributed by atoms with E-state index in [1.165, 1.54) is 0 Å². The predicted molar refractivity (Wildman–Crippen MR) is 103 cm³/mol. The van der Waals surface area contributed by atoms with Gasteiger partial charge in [-0.1, -0.05) is 47.5 Å². The molecule has 0 spiro atoms. The van der Waals surface area contributed by atoms with E-state index >= 15 is 0 Å². The van der Waals surface area contributed by atoms with Crippen molar-refractivity contribution in [3.63, 3.8) is 0 Å². The quantitative estimate of drug-likeness (QED) is 0.678. The number of hydrogen-bond donors (Lipinski definition) is 1. The second kappa shape index (κ2) is 8.25. The highest BCUT2D eigenvalue weighted by atomic mass is 35.5. The molecule has 2 aromatic carbocycles. The molecule has 7 heteroatoms. The van der Waals surface area contributed by atoms with Gasteiger partial charge < -0.3 is 10.1 Å². The Bertz CT molecular complexity index is 925. The van der Waals surface area contributed by atoms with E-state index in [4.69, 9.17) is 27.9 Å². The van der Waals surface area contributed by atoms with Gasteiger partial charge in [0, 0.05) is 21.7 Å². The fourth-order valence-corrected chi connectivity index (χ4v) is 3.05. The summed E-state index contributed by atoms with van der Waals surface area (Å²) in [6.45, 7) is 0.424. The van der Waals surface area contributed by atoms with Crippen molar-refractivity contribution in [3.8, 4) is 5.75 Å². The maximum absolute atomic E-state index is 12.4. The second-order valence-corrected chi connectivity index (χ2v) is 6.49. The number of rotatable bonds is 6. The molecule has 134 valence electrons. The van der Waals surface area contributed by atoms with Crippen molar-refractivity contribution < 1.29 is 9.53 Å². The van der Waals surface area contributed by atoms with Crippen LogP contribution in [0.4, 0.5) is 5.82 Å². The molecule has 0 saturated heterocycles. The van der Waals surface area contributed by atoms with Gasteiger partial charge in [-0.2, -0.15) is 5.10 Å². The highest BCUT2D eigenvalue weighted by molar-refractivity contribution is 6.35. The Balaban J connectivity index is 1.71. The van der Waals surface area contributed by atoms with E-state index in [0.717, 1.165) is 11.1 Å². The monoisotopic (exact) mass is 389 g/mol. The Morgan fingerprint density at radius 3 is 2.73 bits per heavy atom. The first-order chi connectivity index (χ1) is 12.6. The lowest BCUT2D eigenvalue weighted by Gasteiger charge is -2.11. The average molecular weight is 390 g/mol. The van der Waals surface area contributed by atoms with Gasteiger partial charge >= 0.3 is 0 Å². The molecule has 5 nitrogen and oxygen atoms in total. The Hall–Kier alpha value is -2.50. The molecule has 0 unspecified atom stereocenters. The van der Waals surface area contributed by atoms with Gasteiger partial charge in [0.2, 0.25) is 5.91 Å². The molecule has 0 saturated carbocycles. The summed E-state index contributed by atoms with van der Waals surface area (Å²) < 4.78 is 6.96. The van der Waals surface area contributed by atoms with Gasteiger partial charge in [-0.05, 0) is 23.8 Å². The van der Waals surface area contributed by atoms with Crippen LogP contribution >= 0.6 is 23.2 Å². The molecular weight excluding hydrogens is 373 g/mol. The van der Waals surface area contributed by atoms with E-state index in [2.05, 4.69) is 10.4 Å². The molecule has 1 aromatic heterocycles. The van der Waals surface area contributed by atoms with Crippen LogP contribution in [-0.2, 0) is 17.8 Å². The number of hydrogen-bond acceptors (Lipinski definition) is 3. The minimum absolute atomic E-state index is 0.154. The van der Waals surface area contributed by atoms with Crippen LogP contribution in [0.25, 0.3) is 0 Å². The van der Waals surface area contributed by atoms with E-state index < -0.39 is 0 Å². The molecule has 1 amide bonds. The fraction of sp³-hybridized carbons (Fsp3) is 0.158. The Kier molecular flexibility index (Phi) is 5.81. The summed E-state index contributed by atoms with van der Waals surface area (Å²) in [6, 6.07) is 14.5. The summed E-state index contributed by atoms with van der Waals surface area (Å²) in [7, 11) is 1.58. The van der Waals surface area contributed by atoms with Crippen molar-refractivity contribution in [1.82, 2.24) is 9.78 Å². The van der Waals surface area contributed by atoms with Gasteiger partial charge in [0.25, 0.3) is 0 Å². The van der Waals surface area contributed by atoms with Gasteiger partial charge in [0.15, 0.2) is 0 Å². The number of carbonyl (C=O) groups is 1. The average Bonchev–Trinajstić information content (AvgIpc) is 3.04. The number of nitrogens with one attached hydrogen (secondary N) is 1. The maximum Gasteiger partial charge on any atom is 0.230 e. The third-order valence-corrected chi connectivity index (χ3v) is 4.45. The van der Waals surface area contributed by atoms with E-state index in [0.29, 0.717) is 28.2 Å². The molecule has 0 radical (unpaired) electrons. The van der Waals surface area contributed by atoms with Gasteiger partial charge in [-0.15, -0.1) is 0 Å². The molecule has 1 heterocycles. The number of amides is 1. The van der Waals surface area contributed by atoms with Crippen LogP contribution in [0.5, 0.6) is 5.75 Å². The Morgan fingerprint density at radius 1 is 1.15 bits per heavy atom. The normalized spacial score (nSPS) is 10.6. The number of anilines is 1. The van der Waals surface area contributed by atoms with Crippen molar-refractivity contribution in [3.05, 3.63) is 75.9 Å². The third kappa shape index (κ3) is 4.36. The molecule has 1 N–H and O–H groups in total. The van der Waals surface area contributed by atoms with E-state index in [-0.39, 0.29) is 12.3 Å². The molecule has 0 aliphatic carbocycles. The number of nitrogens with zero attached hydrogens (tertiary/aromatic N) is 2. The lowest BCUT2D eigenvalue weighted by atomic mass is 10.1. The van der Waals surface area contributed by atoms with Crippen LogP contribution in [-0.4, -0.2) is 22.8 Å². The van der Waals surface area contributed by atoms with Crippen LogP contribution in [0.3, 0.4) is 0 Å². The van der Waals surface area contributed by atoms with Crippen LogP contribution < -0.4 is 10.1 Å². The first-order valence-corrected chi connectivity index (χ1v) is 8.70. The van der Waals surface area contributed by atoms with Gasteiger partial charge in [-0.3, -0.25) is 4.79 Å². The van der Waals surface area contributed by atoms with E-state index in [1.807, 2.05) is 30.3 Å². The number of halogens is 2. The number of ether oxygens (including phenoxy) is 1. The summed E-state index contributed by atoms with van der Waals surface area (Å²) in [5, 5.41) is 8.26. The summed E-state index contributed by atoms with van der Waals surface area (Å²) in [6.07, 6.45) is 1.83. The van der Waals surface area contributed by atoms with Gasteiger partial charge in [-0.25, -0.2) is 4.68 Å². The second-order valence-electron chi connectivity index (χ2n) is 5.65. The van der Waals surface area contributed by atoms with Crippen molar-refractivity contribution in [1.29, 1.82) is 0 Å². The van der Waals surface area contributed by atoms with Crippen LogP contribution in [0, 0.1) is 0 Å². The lowest BCUT2D eigenvalue weighted by Crippen LogP contribution is -2.18. The summed E-state index contributed by atoms with van der Waals surface area (Å²) in [4.78, 5) is 12.4. The number of benzene rings is 2. The van der Waals surface area contributed by atoms with Gasteiger partial charge in [0.1, 0.15) is 11.6 Å². The van der Waals surface area contributed by atoms with Crippen LogP contribution in [0.1, 0.15) is 11.1 Å². The lowest BCUT2D eigenvalue weighted by molar-refractivity contribution is -0.115. The standard InChI is InChI=1S/C19H17Cl2N3O2/c1-26-17-5-3-2-4-13(17)10-19(25)23-18-8-9-22-24(18)12-14-6-7-15(20)11-16(14)21/h2-9,11H,10,12H2,1H3,(H,23,25). The molecule has 0 bridgehead atoms. The van der Waals surface area contributed by atoms with E-state index in [9.17, 15) is 4.79 Å². The first-order valence-electron chi connectivity index (χ1n) is 7.94. The fourth-order valence-electron chi connectivity index (χ4n) is 2.59. The number of carbonyl (C=O) groups excluding carboxylic acids is 1. The molecular formula is C19H17Cl2N3O2. The smallest absolute Gasteiger partial charge is 0.230 e. The molecule has 3 rings (SSSR count). The maximum atomic E-state index is 12.4. The summed E-state index contributed by atoms with van der Waals surface area (Å²) in [5.74, 6) is 1.12. The Labute approximate surface area is 161 Å². The number of para-hydroxylation sites is 1. The summed E-state index contributed by atoms with van der Waals surface area (Å²) in [5.41, 5.74) is 1.68. The topological polar surface area (TPSA) is 56.1 Å². The number of aromatic nitrogens is 2. The SMILES string of the molecule is COc1ccccc1CC(=O)Nc1ccnn1Cc1ccc(Cl)cc1Cl. The first kappa shape index (κ1) is 18.3. The third-order valence-electron chi connectivity index (χ3n) is 3.86. The zero-order valence-electron chi connectivity index (χ0n) is 14.1. The zero-order chi connectivity index (χ0) is 18.5.